The lowest BCUT2D eigenvalue weighted by Crippen LogP contribution is -2.16. The fraction of sp³-hybridized carbons (Fsp3) is 0.0909. The van der Waals surface area contributed by atoms with Gasteiger partial charge < -0.3 is 14.9 Å². The van der Waals surface area contributed by atoms with Gasteiger partial charge in [-0.2, -0.15) is 0 Å². The maximum Gasteiger partial charge on any atom is 0.150 e. The summed E-state index contributed by atoms with van der Waals surface area (Å²) in [5.41, 5.74) is 5.17. The van der Waals surface area contributed by atoms with E-state index in [1.165, 1.54) is 0 Å². The fourth-order valence-corrected chi connectivity index (χ4v) is 3.69. The van der Waals surface area contributed by atoms with Crippen molar-refractivity contribution in [3.05, 3.63) is 87.0 Å². The van der Waals surface area contributed by atoms with Crippen LogP contribution in [0.1, 0.15) is 29.7 Å². The van der Waals surface area contributed by atoms with E-state index in [2.05, 4.69) is 53.8 Å². The van der Waals surface area contributed by atoms with E-state index < -0.39 is 0 Å². The number of aromatic hydroxyl groups is 2. The van der Waals surface area contributed by atoms with Gasteiger partial charge in [0.15, 0.2) is 0 Å². The summed E-state index contributed by atoms with van der Waals surface area (Å²) in [5.74, 6) is 1.10. The van der Waals surface area contributed by atoms with Crippen LogP contribution in [0.2, 0.25) is 0 Å². The lowest BCUT2D eigenvalue weighted by atomic mass is 9.86. The molecule has 1 unspecified atom stereocenters. The molecular formula is C22H17IO3. The second kappa shape index (κ2) is 6.68. The molecule has 0 aromatic heterocycles. The van der Waals surface area contributed by atoms with Crippen molar-refractivity contribution >= 4 is 33.7 Å². The molecule has 4 rings (SSSR count). The molecule has 0 spiro atoms. The van der Waals surface area contributed by atoms with Crippen molar-refractivity contribution in [1.29, 1.82) is 0 Å². The highest BCUT2D eigenvalue weighted by Crippen LogP contribution is 2.47. The molecule has 3 aromatic carbocycles. The molecule has 26 heavy (non-hydrogen) atoms. The van der Waals surface area contributed by atoms with Crippen LogP contribution in [-0.2, 0) is 0 Å². The number of allylic oxidation sites excluding steroid dienone is 1. The molecule has 0 fully saturated rings. The van der Waals surface area contributed by atoms with Crippen molar-refractivity contribution in [2.75, 3.05) is 0 Å². The summed E-state index contributed by atoms with van der Waals surface area (Å²) >= 11 is 2.28. The Hall–Kier alpha value is -2.47. The normalized spacial score (nSPS) is 16.2. The largest absolute Gasteiger partial charge is 0.508 e. The van der Waals surface area contributed by atoms with Crippen LogP contribution in [0.5, 0.6) is 17.2 Å². The first-order valence-electron chi connectivity index (χ1n) is 8.28. The first-order chi connectivity index (χ1) is 12.5. The number of rotatable bonds is 2. The van der Waals surface area contributed by atoms with Crippen LogP contribution >= 0.6 is 22.6 Å². The Morgan fingerprint density at radius 2 is 1.50 bits per heavy atom. The van der Waals surface area contributed by atoms with Gasteiger partial charge in [-0.25, -0.2) is 0 Å². The van der Waals surface area contributed by atoms with Crippen LogP contribution in [0.3, 0.4) is 0 Å². The van der Waals surface area contributed by atoms with Crippen molar-refractivity contribution in [3.63, 3.8) is 0 Å². The summed E-state index contributed by atoms with van der Waals surface area (Å²) in [4.78, 5) is 0. The van der Waals surface area contributed by atoms with Crippen molar-refractivity contribution in [2.24, 2.45) is 0 Å². The van der Waals surface area contributed by atoms with Crippen molar-refractivity contribution < 1.29 is 14.9 Å². The molecule has 4 heteroatoms. The Bertz CT molecular complexity index is 989. The summed E-state index contributed by atoms with van der Waals surface area (Å²) in [7, 11) is 0. The zero-order chi connectivity index (χ0) is 18.3. The molecule has 130 valence electrons. The van der Waals surface area contributed by atoms with Crippen LogP contribution in [0.4, 0.5) is 0 Å². The lowest BCUT2D eigenvalue weighted by molar-refractivity contribution is 0.259. The summed E-state index contributed by atoms with van der Waals surface area (Å²) in [6.07, 6.45) is -0.286. The summed E-state index contributed by atoms with van der Waals surface area (Å²) < 4.78 is 7.48. The molecule has 3 nitrogen and oxygen atoms in total. The molecule has 1 aliphatic rings. The van der Waals surface area contributed by atoms with Crippen LogP contribution in [0.15, 0.2) is 66.7 Å². The van der Waals surface area contributed by atoms with Gasteiger partial charge in [-0.15, -0.1) is 0 Å². The van der Waals surface area contributed by atoms with Gasteiger partial charge in [0.1, 0.15) is 23.4 Å². The quantitative estimate of drug-likeness (QED) is 0.482. The van der Waals surface area contributed by atoms with Gasteiger partial charge in [0.25, 0.3) is 0 Å². The van der Waals surface area contributed by atoms with E-state index >= 15 is 0 Å². The fourth-order valence-electron chi connectivity index (χ4n) is 3.33. The molecule has 0 bridgehead atoms. The van der Waals surface area contributed by atoms with Gasteiger partial charge in [0.2, 0.25) is 0 Å². The molecule has 1 atom stereocenters. The predicted octanol–water partition coefficient (Wildman–Crippen LogP) is 5.77. The minimum absolute atomic E-state index is 0.186. The van der Waals surface area contributed by atoms with Gasteiger partial charge in [-0.1, -0.05) is 24.3 Å². The average Bonchev–Trinajstić information content (AvgIpc) is 2.63. The van der Waals surface area contributed by atoms with E-state index in [9.17, 15) is 10.2 Å². The first kappa shape index (κ1) is 17.0. The Kier molecular flexibility index (Phi) is 4.36. The van der Waals surface area contributed by atoms with Gasteiger partial charge >= 0.3 is 0 Å². The standard InChI is InChI=1S/C22H17IO3/c1-13-19-11-10-18(25)12-20(19)26-22(15-2-6-16(23)7-3-15)21(13)14-4-8-17(24)9-5-14/h2-12,22,24-25H,1H3. The average molecular weight is 456 g/mol. The Labute approximate surface area is 165 Å². The SMILES string of the molecule is CC1=C(c2ccc(O)cc2)C(c2ccc(I)cc2)Oc2cc(O)ccc21. The van der Waals surface area contributed by atoms with E-state index in [1.54, 1.807) is 24.3 Å². The Morgan fingerprint density at radius 1 is 0.846 bits per heavy atom. The number of halogens is 1. The number of hydrogen-bond acceptors (Lipinski definition) is 3. The molecule has 0 aliphatic carbocycles. The van der Waals surface area contributed by atoms with E-state index in [-0.39, 0.29) is 17.6 Å². The predicted molar refractivity (Wildman–Crippen MR) is 111 cm³/mol. The van der Waals surface area contributed by atoms with E-state index in [0.29, 0.717) is 5.75 Å². The second-order valence-corrected chi connectivity index (χ2v) is 7.56. The zero-order valence-electron chi connectivity index (χ0n) is 14.1. The molecule has 1 heterocycles. The van der Waals surface area contributed by atoms with Crippen LogP contribution in [0, 0.1) is 3.57 Å². The molecule has 0 saturated heterocycles. The second-order valence-electron chi connectivity index (χ2n) is 6.32. The topological polar surface area (TPSA) is 49.7 Å². The zero-order valence-corrected chi connectivity index (χ0v) is 16.3. The van der Waals surface area contributed by atoms with Crippen molar-refractivity contribution in [1.82, 2.24) is 0 Å². The number of phenols is 2. The Morgan fingerprint density at radius 3 is 2.19 bits per heavy atom. The van der Waals surface area contributed by atoms with Crippen molar-refractivity contribution in [3.8, 4) is 17.2 Å². The number of ether oxygens (including phenoxy) is 1. The lowest BCUT2D eigenvalue weighted by Gasteiger charge is -2.31. The summed E-state index contributed by atoms with van der Waals surface area (Å²) in [6, 6.07) is 20.6. The molecule has 0 amide bonds. The highest BCUT2D eigenvalue weighted by molar-refractivity contribution is 14.1. The molecular weight excluding hydrogens is 439 g/mol. The van der Waals surface area contributed by atoms with Crippen LogP contribution < -0.4 is 4.74 Å². The van der Waals surface area contributed by atoms with E-state index in [1.807, 2.05) is 18.2 Å². The molecule has 0 saturated carbocycles. The van der Waals surface area contributed by atoms with E-state index in [4.69, 9.17) is 4.74 Å². The van der Waals surface area contributed by atoms with Crippen molar-refractivity contribution in [2.45, 2.75) is 13.0 Å². The third-order valence-electron chi connectivity index (χ3n) is 4.63. The van der Waals surface area contributed by atoms with Crippen LogP contribution in [-0.4, -0.2) is 10.2 Å². The maximum absolute atomic E-state index is 9.86. The van der Waals surface area contributed by atoms with E-state index in [0.717, 1.165) is 31.4 Å². The molecule has 0 radical (unpaired) electrons. The first-order valence-corrected chi connectivity index (χ1v) is 9.36. The maximum atomic E-state index is 9.86. The molecule has 1 aliphatic heterocycles. The number of benzene rings is 3. The van der Waals surface area contributed by atoms with Crippen LogP contribution in [0.25, 0.3) is 11.1 Å². The minimum atomic E-state index is -0.286. The van der Waals surface area contributed by atoms with Gasteiger partial charge in [-0.05, 0) is 82.6 Å². The third kappa shape index (κ3) is 3.05. The monoisotopic (exact) mass is 456 g/mol. The third-order valence-corrected chi connectivity index (χ3v) is 5.35. The summed E-state index contributed by atoms with van der Waals surface area (Å²) in [5, 5.41) is 19.5. The Balaban J connectivity index is 1.92. The highest BCUT2D eigenvalue weighted by Gasteiger charge is 2.29. The highest BCUT2D eigenvalue weighted by atomic mass is 127. The van der Waals surface area contributed by atoms with Gasteiger partial charge in [0, 0.05) is 20.8 Å². The number of phenolic OH excluding ortho intramolecular Hbond substituents is 2. The molecule has 2 N–H and O–H groups in total. The molecule has 3 aromatic rings. The number of hydrogen-bond donors (Lipinski definition) is 2. The van der Waals surface area contributed by atoms with Gasteiger partial charge in [0.05, 0.1) is 0 Å². The minimum Gasteiger partial charge on any atom is -0.508 e. The summed E-state index contributed by atoms with van der Waals surface area (Å²) in [6.45, 7) is 2.07. The number of fused-ring (bicyclic) bond motifs is 1. The van der Waals surface area contributed by atoms with Gasteiger partial charge in [-0.3, -0.25) is 0 Å². The smallest absolute Gasteiger partial charge is 0.150 e.